The highest BCUT2D eigenvalue weighted by Crippen LogP contribution is 2.58. The van der Waals surface area contributed by atoms with Crippen molar-refractivity contribution in [3.63, 3.8) is 0 Å². The number of rotatable bonds is 10. The molecule has 8 rings (SSSR count). The monoisotopic (exact) mass is 859 g/mol. The van der Waals surface area contributed by atoms with E-state index in [1.807, 2.05) is 42.0 Å². The summed E-state index contributed by atoms with van der Waals surface area (Å²) < 4.78 is 40.6. The van der Waals surface area contributed by atoms with Crippen LogP contribution in [0.5, 0.6) is 11.5 Å². The molecular weight excluding hydrogens is 807 g/mol. The van der Waals surface area contributed by atoms with Gasteiger partial charge in [0.2, 0.25) is 21.8 Å². The van der Waals surface area contributed by atoms with Gasteiger partial charge in [-0.1, -0.05) is 38.8 Å². The Kier molecular flexibility index (Phi) is 11.5. The summed E-state index contributed by atoms with van der Waals surface area (Å²) in [6, 6.07) is 4.83. The molecule has 314 valence electrons. The maximum atomic E-state index is 14.9. The fraction of sp³-hybridized carbons (Fsp3) is 0.545. The SMILES string of the molecule is COc1ccc2c(O[C@@H]3C[C@H]4C(=O)C[C@]5(C(=O)NS(=O)(=O)C6(C)CC6)C[C@@H]5/C=C\CCCCC[C@H](Cc5nccs5)C(=O)N4C3)cc(-c3nc(C(C)C)cs3)nc2c1C. The summed E-state index contributed by atoms with van der Waals surface area (Å²) in [6.07, 6.45) is 11.2. The number of Topliss-reactive ketones (excluding diaryl/α,β-unsaturated/α-hetero) is 1. The third-order valence-electron chi connectivity index (χ3n) is 12.9. The van der Waals surface area contributed by atoms with Crippen LogP contribution in [-0.2, 0) is 30.8 Å². The van der Waals surface area contributed by atoms with Crippen LogP contribution in [0.2, 0.25) is 0 Å². The van der Waals surface area contributed by atoms with E-state index in [4.69, 9.17) is 19.4 Å². The molecule has 59 heavy (non-hydrogen) atoms. The van der Waals surface area contributed by atoms with Gasteiger partial charge in [-0.05, 0) is 76.3 Å². The number of methoxy groups -OCH3 is 1. The molecule has 1 saturated heterocycles. The summed E-state index contributed by atoms with van der Waals surface area (Å²) in [6.45, 7) is 7.97. The Hall–Kier alpha value is -4.21. The van der Waals surface area contributed by atoms with Gasteiger partial charge in [-0.2, -0.15) is 0 Å². The van der Waals surface area contributed by atoms with Gasteiger partial charge in [0.1, 0.15) is 28.3 Å². The van der Waals surface area contributed by atoms with Crippen molar-refractivity contribution in [2.24, 2.45) is 17.3 Å². The zero-order valence-corrected chi connectivity index (χ0v) is 36.8. The second-order valence-corrected chi connectivity index (χ2v) is 21.4. The lowest BCUT2D eigenvalue weighted by Crippen LogP contribution is -2.47. The molecule has 3 aromatic heterocycles. The first-order chi connectivity index (χ1) is 28.2. The second kappa shape index (κ2) is 16.3. The first-order valence-corrected chi connectivity index (χ1v) is 24.0. The largest absolute Gasteiger partial charge is 0.496 e. The van der Waals surface area contributed by atoms with Crippen molar-refractivity contribution in [2.45, 2.75) is 121 Å². The van der Waals surface area contributed by atoms with Crippen LogP contribution in [0, 0.1) is 24.2 Å². The average molecular weight is 860 g/mol. The Labute approximate surface area is 354 Å². The number of ketones is 1. The van der Waals surface area contributed by atoms with Gasteiger partial charge in [0.15, 0.2) is 5.78 Å². The summed E-state index contributed by atoms with van der Waals surface area (Å²) in [7, 11) is -2.30. The summed E-state index contributed by atoms with van der Waals surface area (Å²) >= 11 is 3.03. The first-order valence-electron chi connectivity index (χ1n) is 20.8. The Morgan fingerprint density at radius 2 is 1.92 bits per heavy atom. The molecule has 15 heteroatoms. The highest BCUT2D eigenvalue weighted by Gasteiger charge is 2.62. The van der Waals surface area contributed by atoms with E-state index in [9.17, 15) is 22.8 Å². The van der Waals surface area contributed by atoms with Crippen LogP contribution in [0.1, 0.15) is 107 Å². The predicted molar refractivity (Wildman–Crippen MR) is 229 cm³/mol. The minimum absolute atomic E-state index is 0.127. The minimum Gasteiger partial charge on any atom is -0.496 e. The Morgan fingerprint density at radius 1 is 1.10 bits per heavy atom. The summed E-state index contributed by atoms with van der Waals surface area (Å²) in [5.74, 6) is -0.202. The molecule has 5 atom stereocenters. The summed E-state index contributed by atoms with van der Waals surface area (Å²) in [5, 5.41) is 6.34. The molecule has 0 spiro atoms. The molecule has 4 aliphatic rings. The lowest BCUT2D eigenvalue weighted by Gasteiger charge is -2.29. The van der Waals surface area contributed by atoms with Gasteiger partial charge in [-0.25, -0.2) is 23.4 Å². The number of ether oxygens (including phenoxy) is 2. The fourth-order valence-electron chi connectivity index (χ4n) is 8.64. The van der Waals surface area contributed by atoms with E-state index in [1.165, 1.54) is 22.7 Å². The zero-order valence-electron chi connectivity index (χ0n) is 34.4. The summed E-state index contributed by atoms with van der Waals surface area (Å²) in [5.41, 5.74) is 1.97. The lowest BCUT2D eigenvalue weighted by atomic mass is 9.90. The van der Waals surface area contributed by atoms with Gasteiger partial charge in [0, 0.05) is 59.2 Å². The Balaban J connectivity index is 1.15. The van der Waals surface area contributed by atoms with Crippen molar-refractivity contribution in [1.82, 2.24) is 24.6 Å². The number of carbonyl (C=O) groups is 3. The van der Waals surface area contributed by atoms with Crippen LogP contribution in [0.4, 0.5) is 0 Å². The van der Waals surface area contributed by atoms with Gasteiger partial charge in [-0.3, -0.25) is 19.1 Å². The van der Waals surface area contributed by atoms with Crippen LogP contribution in [0.25, 0.3) is 21.6 Å². The van der Waals surface area contributed by atoms with E-state index < -0.39 is 44.2 Å². The van der Waals surface area contributed by atoms with Crippen molar-refractivity contribution >= 4 is 61.2 Å². The molecule has 4 aromatic rings. The zero-order chi connectivity index (χ0) is 41.7. The number of aryl methyl sites for hydroxylation is 1. The van der Waals surface area contributed by atoms with Gasteiger partial charge < -0.3 is 14.4 Å². The highest BCUT2D eigenvalue weighted by atomic mass is 32.2. The van der Waals surface area contributed by atoms with E-state index in [0.29, 0.717) is 54.8 Å². The van der Waals surface area contributed by atoms with E-state index in [1.54, 1.807) is 25.1 Å². The Bertz CT molecular complexity index is 2390. The van der Waals surface area contributed by atoms with Crippen LogP contribution in [0.15, 0.2) is 47.3 Å². The number of amides is 2. The normalized spacial score (nSPS) is 26.4. The number of fused-ring (bicyclic) bond motifs is 3. The Morgan fingerprint density at radius 3 is 2.63 bits per heavy atom. The number of hydrogen-bond donors (Lipinski definition) is 1. The summed E-state index contributed by atoms with van der Waals surface area (Å²) in [4.78, 5) is 59.8. The van der Waals surface area contributed by atoms with Crippen LogP contribution >= 0.6 is 22.7 Å². The lowest BCUT2D eigenvalue weighted by molar-refractivity contribution is -0.142. The van der Waals surface area contributed by atoms with Crippen LogP contribution in [-0.4, -0.2) is 76.4 Å². The molecule has 0 bridgehead atoms. The van der Waals surface area contributed by atoms with E-state index in [-0.39, 0.29) is 42.9 Å². The second-order valence-electron chi connectivity index (χ2n) is 17.4. The number of benzene rings is 1. The minimum atomic E-state index is -3.93. The van der Waals surface area contributed by atoms with Crippen molar-refractivity contribution < 1.29 is 32.3 Å². The van der Waals surface area contributed by atoms with E-state index in [0.717, 1.165) is 52.3 Å². The van der Waals surface area contributed by atoms with Crippen molar-refractivity contribution in [3.8, 4) is 22.2 Å². The number of aromatic nitrogens is 3. The molecular formula is C44H53N5O7S3. The van der Waals surface area contributed by atoms with Gasteiger partial charge in [0.05, 0.1) is 46.1 Å². The molecule has 2 amide bonds. The first kappa shape index (κ1) is 41.5. The molecule has 5 heterocycles. The number of nitrogens with zero attached hydrogens (tertiary/aromatic N) is 4. The number of pyridine rings is 1. The smallest absolute Gasteiger partial charge is 0.240 e. The number of sulfonamides is 1. The molecule has 12 nitrogen and oxygen atoms in total. The third-order valence-corrected chi connectivity index (χ3v) is 16.7. The topological polar surface area (TPSA) is 158 Å². The molecule has 0 unspecified atom stereocenters. The van der Waals surface area contributed by atoms with Crippen molar-refractivity contribution in [1.29, 1.82) is 0 Å². The molecule has 2 aliphatic heterocycles. The van der Waals surface area contributed by atoms with Gasteiger partial charge in [0.25, 0.3) is 0 Å². The standard InChI is InChI=1S/C44H53N5O7S3/c1-26(2)33-25-58-40(47-33)32-21-37(31-13-14-36(55-5)27(3)39(31)46-32)56-30-20-34-35(50)23-44(42(52)48-59(53,54)43(4)15-16-43)22-29(44)12-10-8-6-7-9-11-28(41(51)49(34)24-30)19-38-45-17-18-57-38/h10,12-14,17-18,21,25-26,28-30,34H,6-9,11,15-16,19-20,22-24H2,1-5H3,(H,48,52)/b12-10-/t28-,29+,30-,34+,44-/m1/s1. The quantitative estimate of drug-likeness (QED) is 0.155. The van der Waals surface area contributed by atoms with Gasteiger partial charge >= 0.3 is 0 Å². The fourth-order valence-corrected chi connectivity index (χ4v) is 11.6. The third kappa shape index (κ3) is 8.31. The van der Waals surface area contributed by atoms with Gasteiger partial charge in [-0.15, -0.1) is 22.7 Å². The molecule has 3 fully saturated rings. The number of hydrogen-bond acceptors (Lipinski definition) is 12. The molecule has 1 N–H and O–H groups in total. The average Bonchev–Trinajstić information content (AvgIpc) is 3.79. The molecule has 2 aliphatic carbocycles. The maximum Gasteiger partial charge on any atom is 0.240 e. The number of allylic oxidation sites excluding steroid dienone is 2. The number of carbonyl (C=O) groups excluding carboxylic acids is 3. The van der Waals surface area contributed by atoms with Crippen molar-refractivity contribution in [2.75, 3.05) is 13.7 Å². The van der Waals surface area contributed by atoms with Crippen LogP contribution in [0.3, 0.4) is 0 Å². The predicted octanol–water partition coefficient (Wildman–Crippen LogP) is 7.95. The highest BCUT2D eigenvalue weighted by molar-refractivity contribution is 7.91. The number of thiazole rings is 2. The van der Waals surface area contributed by atoms with Crippen LogP contribution < -0.4 is 14.2 Å². The van der Waals surface area contributed by atoms with E-state index in [2.05, 4.69) is 29.6 Å². The molecule has 1 aromatic carbocycles. The molecule has 0 radical (unpaired) electrons. The molecule has 2 saturated carbocycles. The maximum absolute atomic E-state index is 14.9. The number of nitrogens with one attached hydrogen (secondary N) is 1. The van der Waals surface area contributed by atoms with Crippen molar-refractivity contribution in [3.05, 3.63) is 63.6 Å². The van der Waals surface area contributed by atoms with E-state index >= 15 is 0 Å².